The van der Waals surface area contributed by atoms with E-state index in [-0.39, 0.29) is 6.17 Å². The Morgan fingerprint density at radius 1 is 1.23 bits per heavy atom. The summed E-state index contributed by atoms with van der Waals surface area (Å²) in [6.45, 7) is 0. The minimum atomic E-state index is 0.0322. The Morgan fingerprint density at radius 2 is 1.92 bits per heavy atom. The van der Waals surface area contributed by atoms with E-state index in [1.54, 1.807) is 0 Å². The first-order valence-electron chi connectivity index (χ1n) is 3.83. The Hall–Kier alpha value is -0.840. The second kappa shape index (κ2) is 3.49. The summed E-state index contributed by atoms with van der Waals surface area (Å²) in [6, 6.07) is 7.59. The second-order valence-electron chi connectivity index (χ2n) is 2.73. The molecule has 5 heteroatoms. The molecular formula is C8H8ClN3S. The van der Waals surface area contributed by atoms with Crippen LogP contribution in [0.4, 0.5) is 0 Å². The van der Waals surface area contributed by atoms with Crippen LogP contribution in [0.1, 0.15) is 11.7 Å². The van der Waals surface area contributed by atoms with E-state index in [1.165, 1.54) is 0 Å². The number of hydrogen-bond acceptors (Lipinski definition) is 2. The normalized spacial score (nSPS) is 21.0. The lowest BCUT2D eigenvalue weighted by Crippen LogP contribution is -2.26. The predicted molar refractivity (Wildman–Crippen MR) is 56.2 cm³/mol. The van der Waals surface area contributed by atoms with Crippen molar-refractivity contribution in [1.29, 1.82) is 0 Å². The highest BCUT2D eigenvalue weighted by Gasteiger charge is 2.17. The summed E-state index contributed by atoms with van der Waals surface area (Å²) < 4.78 is 0. The highest BCUT2D eigenvalue weighted by molar-refractivity contribution is 7.80. The van der Waals surface area contributed by atoms with E-state index in [1.807, 2.05) is 24.3 Å². The SMILES string of the molecule is S=C1NNC(c2ccc(Cl)cc2)N1. The molecule has 2 rings (SSSR count). The van der Waals surface area contributed by atoms with E-state index < -0.39 is 0 Å². The number of halogens is 1. The number of thiocarbonyl (C=S) groups is 1. The molecule has 1 aromatic rings. The maximum Gasteiger partial charge on any atom is 0.182 e. The quantitative estimate of drug-likeness (QED) is 0.615. The summed E-state index contributed by atoms with van der Waals surface area (Å²) in [5.41, 5.74) is 6.91. The zero-order valence-electron chi connectivity index (χ0n) is 6.67. The van der Waals surface area contributed by atoms with Crippen LogP contribution < -0.4 is 16.2 Å². The Bertz CT molecular complexity index is 325. The monoisotopic (exact) mass is 213 g/mol. The van der Waals surface area contributed by atoms with Gasteiger partial charge in [-0.25, -0.2) is 5.43 Å². The van der Waals surface area contributed by atoms with Gasteiger partial charge in [0, 0.05) is 5.02 Å². The van der Waals surface area contributed by atoms with Gasteiger partial charge in [-0.3, -0.25) is 5.43 Å². The van der Waals surface area contributed by atoms with E-state index in [4.69, 9.17) is 23.8 Å². The highest BCUT2D eigenvalue weighted by atomic mass is 35.5. The fourth-order valence-electron chi connectivity index (χ4n) is 1.16. The zero-order chi connectivity index (χ0) is 9.26. The molecule has 0 amide bonds. The smallest absolute Gasteiger partial charge is 0.182 e. The molecule has 1 aliphatic heterocycles. The predicted octanol–water partition coefficient (Wildman–Crippen LogP) is 1.32. The van der Waals surface area contributed by atoms with E-state index in [2.05, 4.69) is 16.2 Å². The maximum absolute atomic E-state index is 5.76. The maximum atomic E-state index is 5.76. The summed E-state index contributed by atoms with van der Waals surface area (Å²) in [5.74, 6) is 0. The standard InChI is InChI=1S/C8H8ClN3S/c9-6-3-1-5(2-4-6)7-10-8(13)12-11-7/h1-4,7,11H,(H2,10,12,13). The van der Waals surface area contributed by atoms with E-state index in [9.17, 15) is 0 Å². The van der Waals surface area contributed by atoms with E-state index in [0.717, 1.165) is 10.6 Å². The van der Waals surface area contributed by atoms with E-state index in [0.29, 0.717) is 5.11 Å². The molecule has 1 atom stereocenters. The number of hydrogen-bond donors (Lipinski definition) is 3. The molecule has 3 N–H and O–H groups in total. The first-order valence-corrected chi connectivity index (χ1v) is 4.62. The van der Waals surface area contributed by atoms with Crippen molar-refractivity contribution in [2.75, 3.05) is 0 Å². The average molecular weight is 214 g/mol. The van der Waals surface area contributed by atoms with Crippen LogP contribution in [0.15, 0.2) is 24.3 Å². The van der Waals surface area contributed by atoms with Crippen LogP contribution >= 0.6 is 23.8 Å². The van der Waals surface area contributed by atoms with Gasteiger partial charge in [-0.05, 0) is 29.9 Å². The molecule has 1 saturated heterocycles. The Morgan fingerprint density at radius 3 is 2.46 bits per heavy atom. The van der Waals surface area contributed by atoms with Crippen molar-refractivity contribution in [1.82, 2.24) is 16.2 Å². The summed E-state index contributed by atoms with van der Waals surface area (Å²) in [6.07, 6.45) is 0.0322. The van der Waals surface area contributed by atoms with Gasteiger partial charge in [0.05, 0.1) is 0 Å². The molecule has 0 radical (unpaired) electrons. The van der Waals surface area contributed by atoms with Crippen molar-refractivity contribution in [3.8, 4) is 0 Å². The van der Waals surface area contributed by atoms with Crippen LogP contribution in [0.2, 0.25) is 5.02 Å². The molecule has 0 aromatic heterocycles. The summed E-state index contributed by atoms with van der Waals surface area (Å²) in [5, 5.41) is 4.40. The largest absolute Gasteiger partial charge is 0.341 e. The number of rotatable bonds is 1. The fourth-order valence-corrected chi connectivity index (χ4v) is 1.47. The summed E-state index contributed by atoms with van der Waals surface area (Å²) in [4.78, 5) is 0. The molecule has 3 nitrogen and oxygen atoms in total. The van der Waals surface area contributed by atoms with Crippen molar-refractivity contribution in [2.45, 2.75) is 6.17 Å². The molecule has 0 saturated carbocycles. The lowest BCUT2D eigenvalue weighted by atomic mass is 10.2. The molecule has 13 heavy (non-hydrogen) atoms. The van der Waals surface area contributed by atoms with Crippen LogP contribution in [-0.4, -0.2) is 5.11 Å². The van der Waals surface area contributed by atoms with E-state index >= 15 is 0 Å². The Kier molecular flexibility index (Phi) is 2.35. The molecule has 1 unspecified atom stereocenters. The molecular weight excluding hydrogens is 206 g/mol. The van der Waals surface area contributed by atoms with Crippen LogP contribution in [0.25, 0.3) is 0 Å². The van der Waals surface area contributed by atoms with Crippen molar-refractivity contribution in [3.05, 3.63) is 34.9 Å². The summed E-state index contributed by atoms with van der Waals surface area (Å²) >= 11 is 10.7. The van der Waals surface area contributed by atoms with Gasteiger partial charge >= 0.3 is 0 Å². The minimum absolute atomic E-state index is 0.0322. The highest BCUT2D eigenvalue weighted by Crippen LogP contribution is 2.15. The van der Waals surface area contributed by atoms with Gasteiger partial charge in [-0.2, -0.15) is 0 Å². The fraction of sp³-hybridized carbons (Fsp3) is 0.125. The van der Waals surface area contributed by atoms with Crippen LogP contribution in [0, 0.1) is 0 Å². The molecule has 0 bridgehead atoms. The third-order valence-corrected chi connectivity index (χ3v) is 2.28. The first kappa shape index (κ1) is 8.74. The number of nitrogens with one attached hydrogen (secondary N) is 3. The van der Waals surface area contributed by atoms with Crippen LogP contribution in [0.5, 0.6) is 0 Å². The zero-order valence-corrected chi connectivity index (χ0v) is 8.25. The van der Waals surface area contributed by atoms with Crippen LogP contribution in [-0.2, 0) is 0 Å². The average Bonchev–Trinajstić information content (AvgIpc) is 2.53. The van der Waals surface area contributed by atoms with Gasteiger partial charge in [0.1, 0.15) is 6.17 Å². The molecule has 1 fully saturated rings. The molecule has 1 aromatic carbocycles. The molecule has 0 spiro atoms. The number of hydrazine groups is 1. The first-order chi connectivity index (χ1) is 6.25. The van der Waals surface area contributed by atoms with Gasteiger partial charge in [0.15, 0.2) is 5.11 Å². The Balaban J connectivity index is 2.17. The van der Waals surface area contributed by atoms with Gasteiger partial charge in [0.2, 0.25) is 0 Å². The molecule has 1 aliphatic rings. The minimum Gasteiger partial charge on any atom is -0.341 e. The number of benzene rings is 1. The van der Waals surface area contributed by atoms with Crippen molar-refractivity contribution in [3.63, 3.8) is 0 Å². The lowest BCUT2D eigenvalue weighted by Gasteiger charge is -2.09. The molecule has 68 valence electrons. The van der Waals surface area contributed by atoms with Crippen molar-refractivity contribution < 1.29 is 0 Å². The van der Waals surface area contributed by atoms with Gasteiger partial charge in [-0.1, -0.05) is 23.7 Å². The summed E-state index contributed by atoms with van der Waals surface area (Å²) in [7, 11) is 0. The topological polar surface area (TPSA) is 36.1 Å². The lowest BCUT2D eigenvalue weighted by molar-refractivity contribution is 0.555. The molecule has 0 aliphatic carbocycles. The van der Waals surface area contributed by atoms with Gasteiger partial charge < -0.3 is 5.32 Å². The third-order valence-electron chi connectivity index (χ3n) is 1.81. The van der Waals surface area contributed by atoms with Crippen LogP contribution in [0.3, 0.4) is 0 Å². The van der Waals surface area contributed by atoms with Gasteiger partial charge in [-0.15, -0.1) is 0 Å². The third kappa shape index (κ3) is 1.91. The van der Waals surface area contributed by atoms with Crippen molar-refractivity contribution >= 4 is 28.9 Å². The molecule has 1 heterocycles. The van der Waals surface area contributed by atoms with Crippen molar-refractivity contribution in [2.24, 2.45) is 0 Å². The Labute approximate surface area is 86.4 Å². The van der Waals surface area contributed by atoms with Gasteiger partial charge in [0.25, 0.3) is 0 Å². The second-order valence-corrected chi connectivity index (χ2v) is 3.57.